The van der Waals surface area contributed by atoms with Crippen LogP contribution >= 0.6 is 11.6 Å². The maximum Gasteiger partial charge on any atom is 0.277 e. The molecule has 1 aromatic heterocycles. The highest BCUT2D eigenvalue weighted by Crippen LogP contribution is 2.29. The van der Waals surface area contributed by atoms with Gasteiger partial charge < -0.3 is 14.8 Å². The van der Waals surface area contributed by atoms with Crippen LogP contribution in [0.25, 0.3) is 0 Å². The van der Waals surface area contributed by atoms with E-state index < -0.39 is 23.2 Å². The fourth-order valence-electron chi connectivity index (χ4n) is 2.45. The molecule has 5 nitrogen and oxygen atoms in total. The molecular formula is C17H15ClF2N2O3. The summed E-state index contributed by atoms with van der Waals surface area (Å²) in [6.07, 6.45) is 2.65. The molecule has 8 heteroatoms. The Labute approximate surface area is 147 Å². The van der Waals surface area contributed by atoms with Crippen molar-refractivity contribution in [3.8, 4) is 5.75 Å². The highest BCUT2D eigenvalue weighted by atomic mass is 35.5. The normalized spacial score (nSPS) is 16.7. The van der Waals surface area contributed by atoms with Crippen LogP contribution in [0.2, 0.25) is 5.02 Å². The summed E-state index contributed by atoms with van der Waals surface area (Å²) in [4.78, 5) is 15.7. The summed E-state index contributed by atoms with van der Waals surface area (Å²) in [5, 5.41) is 2.86. The summed E-state index contributed by atoms with van der Waals surface area (Å²) in [5.41, 5.74) is -0.257. The van der Waals surface area contributed by atoms with Gasteiger partial charge in [-0.2, -0.15) is 0 Å². The zero-order valence-corrected chi connectivity index (χ0v) is 13.9. The van der Waals surface area contributed by atoms with Gasteiger partial charge in [-0.05, 0) is 31.0 Å². The summed E-state index contributed by atoms with van der Waals surface area (Å²) in [7, 11) is 0. The molecule has 1 saturated heterocycles. The third kappa shape index (κ3) is 4.43. The quantitative estimate of drug-likeness (QED) is 0.871. The number of rotatable bonds is 5. The smallest absolute Gasteiger partial charge is 0.277 e. The zero-order chi connectivity index (χ0) is 17.8. The van der Waals surface area contributed by atoms with Crippen molar-refractivity contribution < 1.29 is 23.0 Å². The number of pyridine rings is 1. The van der Waals surface area contributed by atoms with Crippen molar-refractivity contribution in [3.63, 3.8) is 0 Å². The van der Waals surface area contributed by atoms with Crippen molar-refractivity contribution in [1.29, 1.82) is 0 Å². The summed E-state index contributed by atoms with van der Waals surface area (Å²) in [6, 6.07) is 5.28. The summed E-state index contributed by atoms with van der Waals surface area (Å²) in [6.45, 7) is 1.03. The second-order valence-corrected chi connectivity index (χ2v) is 5.96. The van der Waals surface area contributed by atoms with E-state index in [0.717, 1.165) is 19.0 Å². The first-order chi connectivity index (χ1) is 12.0. The molecule has 1 aliphatic heterocycles. The number of amides is 1. The van der Waals surface area contributed by atoms with Crippen LogP contribution < -0.4 is 10.1 Å². The standard InChI is InChI=1S/C17H15ClF2N2O3/c18-10-3-4-15(25-9-12-2-1-5-24-12)14(6-10)22-17(23)16-13(20)7-11(19)8-21-16/h3-4,6-8,12H,1-2,5,9H2,(H,22,23). The van der Waals surface area contributed by atoms with E-state index in [1.54, 1.807) is 12.1 Å². The monoisotopic (exact) mass is 368 g/mol. The Morgan fingerprint density at radius 2 is 2.24 bits per heavy atom. The zero-order valence-electron chi connectivity index (χ0n) is 13.1. The average Bonchev–Trinajstić information content (AvgIpc) is 3.07. The number of carbonyl (C=O) groups excluding carboxylic acids is 1. The molecule has 1 N–H and O–H groups in total. The van der Waals surface area contributed by atoms with Gasteiger partial charge in [0.25, 0.3) is 5.91 Å². The van der Waals surface area contributed by atoms with E-state index in [0.29, 0.717) is 30.1 Å². The van der Waals surface area contributed by atoms with Crippen LogP contribution in [-0.4, -0.2) is 30.2 Å². The summed E-state index contributed by atoms with van der Waals surface area (Å²) in [5.74, 6) is -2.38. The van der Waals surface area contributed by atoms with E-state index in [-0.39, 0.29) is 11.8 Å². The van der Waals surface area contributed by atoms with Gasteiger partial charge in [0.15, 0.2) is 11.5 Å². The van der Waals surface area contributed by atoms with Gasteiger partial charge in [0.1, 0.15) is 18.2 Å². The molecule has 25 heavy (non-hydrogen) atoms. The van der Waals surface area contributed by atoms with Gasteiger partial charge in [-0.25, -0.2) is 13.8 Å². The number of nitrogens with one attached hydrogen (secondary N) is 1. The van der Waals surface area contributed by atoms with E-state index in [2.05, 4.69) is 10.3 Å². The van der Waals surface area contributed by atoms with Crippen LogP contribution in [0.5, 0.6) is 5.75 Å². The lowest BCUT2D eigenvalue weighted by Crippen LogP contribution is -2.19. The molecule has 0 spiro atoms. The molecule has 0 saturated carbocycles. The molecule has 1 unspecified atom stereocenters. The maximum absolute atomic E-state index is 13.7. The van der Waals surface area contributed by atoms with Gasteiger partial charge in [0.2, 0.25) is 0 Å². The predicted octanol–water partition coefficient (Wildman–Crippen LogP) is 3.82. The first-order valence-corrected chi connectivity index (χ1v) is 8.07. The fourth-order valence-corrected chi connectivity index (χ4v) is 2.62. The number of ether oxygens (including phenoxy) is 2. The number of nitrogens with zero attached hydrogens (tertiary/aromatic N) is 1. The van der Waals surface area contributed by atoms with E-state index in [4.69, 9.17) is 21.1 Å². The summed E-state index contributed by atoms with van der Waals surface area (Å²) >= 11 is 5.95. The molecule has 0 aliphatic carbocycles. The highest BCUT2D eigenvalue weighted by molar-refractivity contribution is 6.31. The van der Waals surface area contributed by atoms with E-state index in [1.807, 2.05) is 0 Å². The third-order valence-corrected chi connectivity index (χ3v) is 3.90. The Bertz CT molecular complexity index is 782. The van der Waals surface area contributed by atoms with Crippen LogP contribution in [0.4, 0.5) is 14.5 Å². The molecule has 1 fully saturated rings. The number of hydrogen-bond donors (Lipinski definition) is 1. The summed E-state index contributed by atoms with van der Waals surface area (Å²) < 4.78 is 37.8. The van der Waals surface area contributed by atoms with Crippen LogP contribution in [-0.2, 0) is 4.74 Å². The van der Waals surface area contributed by atoms with Gasteiger partial charge in [-0.1, -0.05) is 11.6 Å². The molecule has 0 bridgehead atoms. The van der Waals surface area contributed by atoms with Gasteiger partial charge >= 0.3 is 0 Å². The lowest BCUT2D eigenvalue weighted by molar-refractivity contribution is 0.0682. The molecule has 2 aromatic rings. The van der Waals surface area contributed by atoms with E-state index >= 15 is 0 Å². The van der Waals surface area contributed by atoms with Crippen molar-refractivity contribution in [2.75, 3.05) is 18.5 Å². The molecule has 132 valence electrons. The van der Waals surface area contributed by atoms with Crippen LogP contribution in [0, 0.1) is 11.6 Å². The Morgan fingerprint density at radius 3 is 2.96 bits per heavy atom. The average molecular weight is 369 g/mol. The first-order valence-electron chi connectivity index (χ1n) is 7.69. The maximum atomic E-state index is 13.7. The molecule has 0 radical (unpaired) electrons. The SMILES string of the molecule is O=C(Nc1cc(Cl)ccc1OCC1CCCO1)c1ncc(F)cc1F. The van der Waals surface area contributed by atoms with Gasteiger partial charge in [-0.15, -0.1) is 0 Å². The van der Waals surface area contributed by atoms with Crippen molar-refractivity contribution in [1.82, 2.24) is 4.98 Å². The number of aromatic nitrogens is 1. The number of halogens is 3. The van der Waals surface area contributed by atoms with Crippen molar-refractivity contribution in [2.24, 2.45) is 0 Å². The Morgan fingerprint density at radius 1 is 1.40 bits per heavy atom. The Balaban J connectivity index is 1.75. The molecule has 2 heterocycles. The van der Waals surface area contributed by atoms with E-state index in [1.165, 1.54) is 6.07 Å². The first kappa shape index (κ1) is 17.6. The minimum atomic E-state index is -1.05. The molecule has 1 atom stereocenters. The minimum Gasteiger partial charge on any atom is -0.489 e. The van der Waals surface area contributed by atoms with Gasteiger partial charge in [0.05, 0.1) is 18.0 Å². The Hall–Kier alpha value is -2.25. The van der Waals surface area contributed by atoms with Crippen molar-refractivity contribution in [3.05, 3.63) is 52.8 Å². The highest BCUT2D eigenvalue weighted by Gasteiger charge is 2.19. The fraction of sp³-hybridized carbons (Fsp3) is 0.294. The molecule has 1 aromatic carbocycles. The van der Waals surface area contributed by atoms with Crippen molar-refractivity contribution >= 4 is 23.2 Å². The van der Waals surface area contributed by atoms with E-state index in [9.17, 15) is 13.6 Å². The number of benzene rings is 1. The number of hydrogen-bond acceptors (Lipinski definition) is 4. The second-order valence-electron chi connectivity index (χ2n) is 5.52. The van der Waals surface area contributed by atoms with Crippen molar-refractivity contribution in [2.45, 2.75) is 18.9 Å². The van der Waals surface area contributed by atoms with Crippen LogP contribution in [0.1, 0.15) is 23.3 Å². The van der Waals surface area contributed by atoms with Crippen LogP contribution in [0.15, 0.2) is 30.5 Å². The minimum absolute atomic E-state index is 0.00422. The largest absolute Gasteiger partial charge is 0.489 e. The molecule has 3 rings (SSSR count). The van der Waals surface area contributed by atoms with Gasteiger partial charge in [0, 0.05) is 17.7 Å². The lowest BCUT2D eigenvalue weighted by Gasteiger charge is -2.15. The topological polar surface area (TPSA) is 60.5 Å². The lowest BCUT2D eigenvalue weighted by atomic mass is 10.2. The third-order valence-electron chi connectivity index (χ3n) is 3.66. The second kappa shape index (κ2) is 7.76. The van der Waals surface area contributed by atoms with Gasteiger partial charge in [-0.3, -0.25) is 4.79 Å². The number of carbonyl (C=O) groups is 1. The molecule has 1 aliphatic rings. The number of anilines is 1. The molecular weight excluding hydrogens is 354 g/mol. The van der Waals surface area contributed by atoms with Crippen LogP contribution in [0.3, 0.4) is 0 Å². The molecule has 1 amide bonds. The Kier molecular flexibility index (Phi) is 5.45. The predicted molar refractivity (Wildman–Crippen MR) is 88.0 cm³/mol.